The molecule has 12 aromatic rings. The lowest BCUT2D eigenvalue weighted by Crippen LogP contribution is -2.25. The largest absolute Gasteiger partial charge is 0.309 e. The molecular weight excluding hydrogens is 1610 g/mol. The van der Waals surface area contributed by atoms with Crippen molar-refractivity contribution in [2.24, 2.45) is 94.7 Å². The summed E-state index contributed by atoms with van der Waals surface area (Å²) in [6.45, 7) is 0. The molecule has 20 unspecified atom stereocenters. The maximum Gasteiger partial charge on any atom is 0.0620 e. The van der Waals surface area contributed by atoms with E-state index in [4.69, 9.17) is 0 Å². The monoisotopic (exact) mass is 1760 g/mol. The van der Waals surface area contributed by atoms with Crippen LogP contribution in [0.2, 0.25) is 0 Å². The molecule has 0 spiro atoms. The Morgan fingerprint density at radius 1 is 0.157 bits per heavy atom. The molecule has 12 aromatic carbocycles. The summed E-state index contributed by atoms with van der Waals surface area (Å²) in [6, 6.07) is 104. The number of anilines is 6. The molecule has 16 aliphatic rings. The van der Waals surface area contributed by atoms with Gasteiger partial charge in [0.2, 0.25) is 0 Å². The molecule has 2 nitrogen and oxygen atoms in total. The minimum absolute atomic E-state index is 0.572. The molecule has 0 heterocycles. The quantitative estimate of drug-likeness (QED) is 0.0588. The van der Waals surface area contributed by atoms with E-state index >= 15 is 0 Å². The van der Waals surface area contributed by atoms with E-state index in [1.807, 2.05) is 0 Å². The van der Waals surface area contributed by atoms with Crippen molar-refractivity contribution in [1.82, 2.24) is 0 Å². The minimum Gasteiger partial charge on any atom is -0.309 e. The molecular formula is C132H144N2. The van der Waals surface area contributed by atoms with Gasteiger partial charge in [0.25, 0.3) is 0 Å². The fourth-order valence-electron chi connectivity index (χ4n) is 36.0. The highest BCUT2D eigenvalue weighted by atomic mass is 15.2. The van der Waals surface area contributed by atoms with Crippen LogP contribution >= 0.6 is 0 Å². The maximum absolute atomic E-state index is 2.99. The lowest BCUT2D eigenvalue weighted by Gasteiger charge is -2.37. The second kappa shape index (κ2) is 34.4. The van der Waals surface area contributed by atoms with Crippen LogP contribution in [-0.4, -0.2) is 0 Å². The number of fused-ring (bicyclic) bond motifs is 23. The van der Waals surface area contributed by atoms with Gasteiger partial charge in [0.15, 0.2) is 0 Å². The van der Waals surface area contributed by atoms with Crippen molar-refractivity contribution in [3.8, 4) is 55.6 Å². The summed E-state index contributed by atoms with van der Waals surface area (Å²) in [5, 5.41) is 5.30. The zero-order valence-corrected chi connectivity index (χ0v) is 80.1. The molecule has 28 rings (SSSR count). The van der Waals surface area contributed by atoms with Gasteiger partial charge in [-0.05, 0) is 469 Å². The third-order valence-corrected chi connectivity index (χ3v) is 42.0. The highest BCUT2D eigenvalue weighted by molar-refractivity contribution is 6.24. The van der Waals surface area contributed by atoms with Crippen LogP contribution in [0, 0.1) is 94.7 Å². The van der Waals surface area contributed by atoms with Crippen molar-refractivity contribution >= 4 is 55.7 Å². The van der Waals surface area contributed by atoms with Gasteiger partial charge in [-0.2, -0.15) is 0 Å². The van der Waals surface area contributed by atoms with E-state index in [-0.39, 0.29) is 0 Å². The lowest BCUT2D eigenvalue weighted by atomic mass is 9.70. The first-order valence-electron chi connectivity index (χ1n) is 56.0. The van der Waals surface area contributed by atoms with Gasteiger partial charge >= 0.3 is 0 Å². The molecule has 134 heavy (non-hydrogen) atoms. The maximum atomic E-state index is 2.99. The van der Waals surface area contributed by atoms with E-state index in [9.17, 15) is 0 Å². The molecule has 16 saturated carbocycles. The van der Waals surface area contributed by atoms with Crippen LogP contribution in [0.1, 0.15) is 349 Å². The highest BCUT2D eigenvalue weighted by Crippen LogP contribution is 2.70. The molecule has 0 aliphatic heterocycles. The van der Waals surface area contributed by atoms with Crippen molar-refractivity contribution < 1.29 is 0 Å². The first-order chi connectivity index (χ1) is 66.3. The van der Waals surface area contributed by atoms with Crippen molar-refractivity contribution in [2.75, 3.05) is 9.80 Å². The van der Waals surface area contributed by atoms with Gasteiger partial charge in [-0.1, -0.05) is 272 Å². The third-order valence-electron chi connectivity index (χ3n) is 42.0. The molecule has 0 radical (unpaired) electrons. The average molecular weight is 1760 g/mol. The second-order valence-corrected chi connectivity index (χ2v) is 48.2. The minimum atomic E-state index is 0.572. The summed E-state index contributed by atoms with van der Waals surface area (Å²) in [5.74, 6) is 18.4. The molecule has 0 aromatic heterocycles. The summed E-state index contributed by atoms with van der Waals surface area (Å²) in [4.78, 5) is 5.97. The molecule has 20 atom stereocenters. The Morgan fingerprint density at radius 3 is 0.851 bits per heavy atom. The Balaban J connectivity index is 0.723. The SMILES string of the molecule is c1ccc(-c2ccc3c(N(c4cc(-c5ccc(C6CCCCC6)cc5)cc(-c5ccc(C6CCCCC6)cc5)c4)c4cc(C5CC6CC5C5CCC6C5)cc(C5CC6CC5C5CCCC65)c4)c4ccccc4c(N(c4cc(-c5ccc(C6CCCCC6)cc5)cc(-c5ccc(C6CCCCC6)cc5)c4)c4cc(C5CC6CC5C5CCCC65)cc(C5CC6CC5C5CCCC65)c4)c3c2)cc1. The fourth-order valence-corrected chi connectivity index (χ4v) is 36.0. The summed E-state index contributed by atoms with van der Waals surface area (Å²) >= 11 is 0. The zero-order chi connectivity index (χ0) is 87.7. The molecule has 0 saturated heterocycles. The molecule has 10 bridgehead atoms. The Labute approximate surface area is 801 Å². The third kappa shape index (κ3) is 14.5. The lowest BCUT2D eigenvalue weighted by molar-refractivity contribution is 0.229. The van der Waals surface area contributed by atoms with Crippen molar-refractivity contribution in [3.05, 3.63) is 287 Å². The van der Waals surface area contributed by atoms with Crippen LogP contribution in [0.15, 0.2) is 243 Å². The Bertz CT molecular complexity index is 6140. The van der Waals surface area contributed by atoms with Gasteiger partial charge in [-0.3, -0.25) is 0 Å². The normalized spacial score (nSPS) is 31.3. The fraction of sp³-hybridized carbons (Fsp3) is 0.485. The Kier molecular flexibility index (Phi) is 21.3. The van der Waals surface area contributed by atoms with Crippen LogP contribution in [0.3, 0.4) is 0 Å². The standard InChI is InChI=1S/C132H144N2/c1-6-21-81(22-7-1)86-39-47-90(48-40-86)97-60-98(91-49-41-87(42-50-91)82-23-8-2-9-24-82)65-109(64-97)133(111-68-102(123-74-101-73-122(123)96-56-55-94(101)59-96)62-103(69-111)124-75-106-78-127(124)116-36-18-33-113(106)116)131-119-31-16-17-32-120(119)132(130-72-95(57-58-121(130)131)85-29-14-5-15-30-85)134(112-70-104(125-76-107-79-128(125)117-37-19-34-114(107)117)63-105(71-112)126-77-108-80-129(126)118-38-20-35-115(108)118)110-66-99(92-51-43-88(44-52-92)83-25-10-3-11-26-83)61-100(67-110)93-53-45-89(46-54-93)84-27-12-4-13-28-84/h5,14-17,29-32,39-54,57-58,60-72,81-84,94,96,101,106-108,113-118,122-129H,1-4,6-13,18-28,33-38,55-56,59,73-80H2. The molecule has 682 valence electrons. The van der Waals surface area contributed by atoms with E-state index in [1.165, 1.54) is 390 Å². The van der Waals surface area contributed by atoms with Gasteiger partial charge in [0.05, 0.1) is 11.4 Å². The summed E-state index contributed by atoms with van der Waals surface area (Å²) < 4.78 is 0. The number of hydrogen-bond acceptors (Lipinski definition) is 2. The highest BCUT2D eigenvalue weighted by Gasteiger charge is 2.58. The second-order valence-electron chi connectivity index (χ2n) is 48.2. The summed E-state index contributed by atoms with van der Waals surface area (Å²) in [5.41, 5.74) is 33.8. The van der Waals surface area contributed by atoms with Crippen LogP contribution in [-0.2, 0) is 0 Å². The van der Waals surface area contributed by atoms with Crippen molar-refractivity contribution in [3.63, 3.8) is 0 Å². The van der Waals surface area contributed by atoms with Gasteiger partial charge in [0.1, 0.15) is 0 Å². The van der Waals surface area contributed by atoms with E-state index in [0.717, 1.165) is 94.7 Å². The number of nitrogens with zero attached hydrogens (tertiary/aromatic N) is 2. The van der Waals surface area contributed by atoms with Crippen molar-refractivity contribution in [1.29, 1.82) is 0 Å². The average Bonchev–Trinajstić information content (AvgIpc) is 0.832. The first-order valence-corrected chi connectivity index (χ1v) is 56.0. The number of rotatable bonds is 19. The van der Waals surface area contributed by atoms with Gasteiger partial charge < -0.3 is 9.80 Å². The van der Waals surface area contributed by atoms with Gasteiger partial charge in [-0.25, -0.2) is 0 Å². The smallest absolute Gasteiger partial charge is 0.0620 e. The molecule has 0 amide bonds. The predicted octanol–water partition coefficient (Wildman–Crippen LogP) is 37.6. The van der Waals surface area contributed by atoms with Crippen LogP contribution in [0.25, 0.3) is 77.2 Å². The van der Waals surface area contributed by atoms with Crippen LogP contribution < -0.4 is 9.80 Å². The van der Waals surface area contributed by atoms with Gasteiger partial charge in [0, 0.05) is 44.3 Å². The Morgan fingerprint density at radius 2 is 0.463 bits per heavy atom. The van der Waals surface area contributed by atoms with Crippen LogP contribution in [0.5, 0.6) is 0 Å². The predicted molar refractivity (Wildman–Crippen MR) is 560 cm³/mol. The number of hydrogen-bond donors (Lipinski definition) is 0. The zero-order valence-electron chi connectivity index (χ0n) is 80.1. The molecule has 16 fully saturated rings. The first kappa shape index (κ1) is 83.0. The summed E-state index contributed by atoms with van der Waals surface area (Å²) in [7, 11) is 0. The van der Waals surface area contributed by atoms with E-state index in [1.54, 1.807) is 22.3 Å². The molecule has 2 heteroatoms. The van der Waals surface area contributed by atoms with Crippen LogP contribution in [0.4, 0.5) is 34.1 Å². The topological polar surface area (TPSA) is 6.48 Å². The summed E-state index contributed by atoms with van der Waals surface area (Å²) in [6.07, 6.45) is 55.1. The molecule has 16 aliphatic carbocycles. The van der Waals surface area contributed by atoms with E-state index < -0.39 is 0 Å². The van der Waals surface area contributed by atoms with Crippen molar-refractivity contribution in [2.45, 2.75) is 304 Å². The Hall–Kier alpha value is -9.24. The van der Waals surface area contributed by atoms with E-state index in [2.05, 4.69) is 252 Å². The number of benzene rings is 12. The molecule has 0 N–H and O–H groups in total. The van der Waals surface area contributed by atoms with E-state index in [0.29, 0.717) is 47.3 Å². The van der Waals surface area contributed by atoms with Gasteiger partial charge in [-0.15, -0.1) is 0 Å².